The zero-order valence-corrected chi connectivity index (χ0v) is 20.8. The maximum atomic E-state index is 13.6. The molecule has 0 radical (unpaired) electrons. The molecule has 0 heterocycles. The summed E-state index contributed by atoms with van der Waals surface area (Å²) >= 11 is 6.05. The molecule has 1 fully saturated rings. The number of benzene rings is 3. The molecule has 4 rings (SSSR count). The number of hydrogen-bond acceptors (Lipinski definition) is 3. The van der Waals surface area contributed by atoms with Crippen LogP contribution in [0.3, 0.4) is 0 Å². The molecule has 36 heavy (non-hydrogen) atoms. The van der Waals surface area contributed by atoms with Gasteiger partial charge in [-0.05, 0) is 54.3 Å². The van der Waals surface area contributed by atoms with Crippen LogP contribution >= 0.6 is 11.6 Å². The van der Waals surface area contributed by atoms with Crippen LogP contribution in [0.4, 0.5) is 4.39 Å². The third-order valence-electron chi connectivity index (χ3n) is 6.40. The largest absolute Gasteiger partial charge is 0.484 e. The SMILES string of the molecule is O=C(NC1CCCC1)[C@@H](Cc1ccccc1)N(Cc1ccc(F)cc1)C(=O)COc1cccc(Cl)c1. The van der Waals surface area contributed by atoms with Gasteiger partial charge in [-0.15, -0.1) is 0 Å². The Kier molecular flexibility index (Phi) is 8.95. The highest BCUT2D eigenvalue weighted by Gasteiger charge is 2.32. The summed E-state index contributed by atoms with van der Waals surface area (Å²) in [4.78, 5) is 28.7. The van der Waals surface area contributed by atoms with Gasteiger partial charge >= 0.3 is 0 Å². The van der Waals surface area contributed by atoms with E-state index in [-0.39, 0.29) is 36.8 Å². The normalized spacial score (nSPS) is 14.3. The minimum Gasteiger partial charge on any atom is -0.484 e. The summed E-state index contributed by atoms with van der Waals surface area (Å²) in [6, 6.07) is 21.8. The van der Waals surface area contributed by atoms with Crippen molar-refractivity contribution in [3.05, 3.63) is 101 Å². The molecular weight excluding hydrogens is 479 g/mol. The van der Waals surface area contributed by atoms with Crippen LogP contribution in [0.25, 0.3) is 0 Å². The number of amides is 2. The molecule has 0 bridgehead atoms. The quantitative estimate of drug-likeness (QED) is 0.390. The highest BCUT2D eigenvalue weighted by molar-refractivity contribution is 6.30. The van der Waals surface area contributed by atoms with Gasteiger partial charge in [-0.3, -0.25) is 9.59 Å². The fourth-order valence-electron chi connectivity index (χ4n) is 4.49. The van der Waals surface area contributed by atoms with Crippen molar-refractivity contribution in [3.63, 3.8) is 0 Å². The number of halogens is 2. The number of carbonyl (C=O) groups excluding carboxylic acids is 2. The fraction of sp³-hybridized carbons (Fsp3) is 0.310. The second kappa shape index (κ2) is 12.5. The topological polar surface area (TPSA) is 58.6 Å². The van der Waals surface area contributed by atoms with Crippen molar-refractivity contribution in [1.82, 2.24) is 10.2 Å². The number of nitrogens with zero attached hydrogens (tertiary/aromatic N) is 1. The van der Waals surface area contributed by atoms with Gasteiger partial charge in [0.1, 0.15) is 17.6 Å². The van der Waals surface area contributed by atoms with E-state index >= 15 is 0 Å². The third-order valence-corrected chi connectivity index (χ3v) is 6.63. The molecule has 2 amide bonds. The Hall–Kier alpha value is -3.38. The molecule has 1 aliphatic carbocycles. The molecular formula is C29H30ClFN2O3. The molecule has 0 aromatic heterocycles. The third kappa shape index (κ3) is 7.31. The maximum absolute atomic E-state index is 13.6. The number of ether oxygens (including phenoxy) is 1. The van der Waals surface area contributed by atoms with Crippen molar-refractivity contribution in [1.29, 1.82) is 0 Å². The van der Waals surface area contributed by atoms with E-state index < -0.39 is 6.04 Å². The first-order chi connectivity index (χ1) is 17.5. The van der Waals surface area contributed by atoms with Gasteiger partial charge in [0.25, 0.3) is 5.91 Å². The molecule has 1 atom stereocenters. The van der Waals surface area contributed by atoms with Crippen LogP contribution in [0.5, 0.6) is 5.75 Å². The molecule has 0 spiro atoms. The Morgan fingerprint density at radius 2 is 1.69 bits per heavy atom. The lowest BCUT2D eigenvalue weighted by atomic mass is 10.0. The van der Waals surface area contributed by atoms with Gasteiger partial charge in [0.2, 0.25) is 5.91 Å². The maximum Gasteiger partial charge on any atom is 0.261 e. The van der Waals surface area contributed by atoms with E-state index in [1.54, 1.807) is 36.4 Å². The average Bonchev–Trinajstić information content (AvgIpc) is 3.39. The van der Waals surface area contributed by atoms with E-state index in [1.807, 2.05) is 30.3 Å². The minimum atomic E-state index is -0.756. The zero-order valence-electron chi connectivity index (χ0n) is 20.0. The molecule has 0 unspecified atom stereocenters. The number of rotatable bonds is 10. The van der Waals surface area contributed by atoms with Gasteiger partial charge in [-0.25, -0.2) is 4.39 Å². The highest BCUT2D eigenvalue weighted by atomic mass is 35.5. The first-order valence-corrected chi connectivity index (χ1v) is 12.6. The Bertz CT molecular complexity index is 1150. The summed E-state index contributed by atoms with van der Waals surface area (Å²) in [5.41, 5.74) is 1.66. The molecule has 3 aromatic carbocycles. The minimum absolute atomic E-state index is 0.112. The first kappa shape index (κ1) is 25.7. The fourth-order valence-corrected chi connectivity index (χ4v) is 4.67. The van der Waals surface area contributed by atoms with E-state index in [2.05, 4.69) is 5.32 Å². The molecule has 0 saturated heterocycles. The van der Waals surface area contributed by atoms with Crippen molar-refractivity contribution in [2.24, 2.45) is 0 Å². The summed E-state index contributed by atoms with van der Waals surface area (Å²) in [7, 11) is 0. The predicted octanol–water partition coefficient (Wildman–Crippen LogP) is 5.56. The van der Waals surface area contributed by atoms with E-state index in [1.165, 1.54) is 17.0 Å². The molecule has 5 nitrogen and oxygen atoms in total. The van der Waals surface area contributed by atoms with Crippen LogP contribution in [0.15, 0.2) is 78.9 Å². The monoisotopic (exact) mass is 508 g/mol. The lowest BCUT2D eigenvalue weighted by molar-refractivity contribution is -0.143. The first-order valence-electron chi connectivity index (χ1n) is 12.2. The van der Waals surface area contributed by atoms with Gasteiger partial charge in [0, 0.05) is 24.0 Å². The van der Waals surface area contributed by atoms with Crippen molar-refractivity contribution >= 4 is 23.4 Å². The van der Waals surface area contributed by atoms with Crippen LogP contribution < -0.4 is 10.1 Å². The standard InChI is InChI=1S/C29H30ClFN2O3/c30-23-9-6-12-26(18-23)36-20-28(34)33(19-22-13-15-24(31)16-14-22)27(17-21-7-2-1-3-8-21)29(35)32-25-10-4-5-11-25/h1-3,6-9,12-16,18,25,27H,4-5,10-11,17,19-20H2,(H,32,35)/t27-/m1/s1. The highest BCUT2D eigenvalue weighted by Crippen LogP contribution is 2.21. The van der Waals surface area contributed by atoms with Crippen LogP contribution in [0, 0.1) is 5.82 Å². The Labute approximate surface area is 216 Å². The van der Waals surface area contributed by atoms with Crippen molar-refractivity contribution in [3.8, 4) is 5.75 Å². The van der Waals surface area contributed by atoms with Crippen LogP contribution in [0.2, 0.25) is 5.02 Å². The molecule has 188 valence electrons. The Morgan fingerprint density at radius 3 is 2.39 bits per heavy atom. The summed E-state index contributed by atoms with van der Waals surface area (Å²) in [6.07, 6.45) is 4.39. The molecule has 0 aliphatic heterocycles. The molecule has 3 aromatic rings. The molecule has 7 heteroatoms. The Balaban J connectivity index is 1.60. The summed E-state index contributed by atoms with van der Waals surface area (Å²) in [5, 5.41) is 3.66. The number of nitrogens with one attached hydrogen (secondary N) is 1. The van der Waals surface area contributed by atoms with Crippen LogP contribution in [-0.2, 0) is 22.6 Å². The molecule has 1 aliphatic rings. The van der Waals surface area contributed by atoms with Gasteiger partial charge < -0.3 is 15.0 Å². The van der Waals surface area contributed by atoms with Gasteiger partial charge in [0.05, 0.1) is 0 Å². The summed E-state index contributed by atoms with van der Waals surface area (Å²) in [5.74, 6) is -0.431. The zero-order chi connectivity index (χ0) is 25.3. The second-order valence-electron chi connectivity index (χ2n) is 9.09. The van der Waals surface area contributed by atoms with E-state index in [9.17, 15) is 14.0 Å². The molecule has 1 saturated carbocycles. The number of hydrogen-bond donors (Lipinski definition) is 1. The second-order valence-corrected chi connectivity index (χ2v) is 9.53. The van der Waals surface area contributed by atoms with Crippen molar-refractivity contribution in [2.75, 3.05) is 6.61 Å². The van der Waals surface area contributed by atoms with Gasteiger partial charge in [0.15, 0.2) is 6.61 Å². The lowest BCUT2D eigenvalue weighted by Gasteiger charge is -2.32. The summed E-state index contributed by atoms with van der Waals surface area (Å²) in [6.45, 7) is -0.114. The predicted molar refractivity (Wildman–Crippen MR) is 138 cm³/mol. The van der Waals surface area contributed by atoms with E-state index in [0.717, 1.165) is 36.8 Å². The van der Waals surface area contributed by atoms with Crippen LogP contribution in [0.1, 0.15) is 36.8 Å². The average molecular weight is 509 g/mol. The van der Waals surface area contributed by atoms with Crippen molar-refractivity contribution < 1.29 is 18.7 Å². The summed E-state index contributed by atoms with van der Waals surface area (Å²) < 4.78 is 19.3. The van der Waals surface area contributed by atoms with Crippen molar-refractivity contribution in [2.45, 2.75) is 50.7 Å². The van der Waals surface area contributed by atoms with Gasteiger partial charge in [-0.2, -0.15) is 0 Å². The lowest BCUT2D eigenvalue weighted by Crippen LogP contribution is -2.53. The molecule has 1 N–H and O–H groups in total. The number of carbonyl (C=O) groups is 2. The van der Waals surface area contributed by atoms with E-state index in [4.69, 9.17) is 16.3 Å². The van der Waals surface area contributed by atoms with E-state index in [0.29, 0.717) is 17.2 Å². The van der Waals surface area contributed by atoms with Crippen LogP contribution in [-0.4, -0.2) is 35.4 Å². The smallest absolute Gasteiger partial charge is 0.261 e. The Morgan fingerprint density at radius 1 is 0.972 bits per heavy atom. The van der Waals surface area contributed by atoms with Gasteiger partial charge in [-0.1, -0.05) is 73.0 Å².